The van der Waals surface area contributed by atoms with Gasteiger partial charge in [0, 0.05) is 29.1 Å². The van der Waals surface area contributed by atoms with Crippen LogP contribution >= 0.6 is 11.6 Å². The fourth-order valence-corrected chi connectivity index (χ4v) is 3.24. The average molecular weight is 356 g/mol. The first-order chi connectivity index (χ1) is 11.9. The van der Waals surface area contributed by atoms with Crippen molar-refractivity contribution in [2.24, 2.45) is 5.92 Å². The molecule has 0 fully saturated rings. The molecule has 1 unspecified atom stereocenters. The minimum absolute atomic E-state index is 0.171. The van der Waals surface area contributed by atoms with Crippen molar-refractivity contribution < 1.29 is 4.42 Å². The highest BCUT2D eigenvalue weighted by atomic mass is 35.5. The Labute approximate surface area is 152 Å². The maximum absolute atomic E-state index is 11.9. The molecule has 0 spiro atoms. The van der Waals surface area contributed by atoms with Gasteiger partial charge in [0.25, 0.3) is 0 Å². The largest absolute Gasteiger partial charge is 0.423 e. The predicted molar refractivity (Wildman–Crippen MR) is 103 cm³/mol. The molecule has 0 aliphatic rings. The Balaban J connectivity index is 1.89. The molecule has 130 valence electrons. The highest BCUT2D eigenvalue weighted by molar-refractivity contribution is 6.30. The van der Waals surface area contributed by atoms with Gasteiger partial charge in [0.05, 0.1) is 0 Å². The van der Waals surface area contributed by atoms with Crippen LogP contribution in [0, 0.1) is 12.8 Å². The minimum Gasteiger partial charge on any atom is -0.423 e. The zero-order valence-corrected chi connectivity index (χ0v) is 15.4. The summed E-state index contributed by atoms with van der Waals surface area (Å²) in [4.78, 5) is 11.9. The van der Waals surface area contributed by atoms with E-state index in [-0.39, 0.29) is 11.7 Å². The lowest BCUT2D eigenvalue weighted by atomic mass is 9.95. The standard InChI is InChI=1S/C21H22ClNO2/c1-13(2)21(15-5-7-17(22)8-6-15)23-12-16-11-20(24)25-19-10-14(3)4-9-18(16)19/h4-11,13,21,23H,12H2,1-3H3. The second-order valence-corrected chi connectivity index (χ2v) is 7.18. The Bertz CT molecular complexity index is 929. The molecule has 0 bridgehead atoms. The third-order valence-corrected chi connectivity index (χ3v) is 4.65. The van der Waals surface area contributed by atoms with Gasteiger partial charge >= 0.3 is 5.63 Å². The second-order valence-electron chi connectivity index (χ2n) is 6.74. The molecule has 0 amide bonds. The van der Waals surface area contributed by atoms with Crippen molar-refractivity contribution in [1.29, 1.82) is 0 Å². The SMILES string of the molecule is Cc1ccc2c(CNC(c3ccc(Cl)cc3)C(C)C)cc(=O)oc2c1. The van der Waals surface area contributed by atoms with Gasteiger partial charge in [-0.15, -0.1) is 0 Å². The molecule has 1 atom stereocenters. The number of benzene rings is 2. The Kier molecular flexibility index (Phi) is 5.26. The first-order valence-corrected chi connectivity index (χ1v) is 8.84. The van der Waals surface area contributed by atoms with E-state index in [1.54, 1.807) is 6.07 Å². The number of halogens is 1. The van der Waals surface area contributed by atoms with E-state index in [2.05, 4.69) is 19.2 Å². The van der Waals surface area contributed by atoms with Crippen LogP contribution in [0.2, 0.25) is 5.02 Å². The van der Waals surface area contributed by atoms with E-state index in [4.69, 9.17) is 16.0 Å². The van der Waals surface area contributed by atoms with Crippen molar-refractivity contribution >= 4 is 22.6 Å². The van der Waals surface area contributed by atoms with E-state index in [0.717, 1.165) is 21.5 Å². The van der Waals surface area contributed by atoms with Crippen molar-refractivity contribution in [1.82, 2.24) is 5.32 Å². The summed E-state index contributed by atoms with van der Waals surface area (Å²) in [6, 6.07) is 15.6. The van der Waals surface area contributed by atoms with Gasteiger partial charge in [0.2, 0.25) is 0 Å². The van der Waals surface area contributed by atoms with Gasteiger partial charge in [-0.25, -0.2) is 4.79 Å². The molecule has 0 saturated heterocycles. The number of aryl methyl sites for hydroxylation is 1. The number of hydrogen-bond donors (Lipinski definition) is 1. The molecule has 3 rings (SSSR count). The minimum atomic E-state index is -0.317. The lowest BCUT2D eigenvalue weighted by molar-refractivity contribution is 0.410. The molecule has 0 radical (unpaired) electrons. The van der Waals surface area contributed by atoms with Crippen molar-refractivity contribution in [3.63, 3.8) is 0 Å². The van der Waals surface area contributed by atoms with E-state index in [1.165, 1.54) is 5.56 Å². The summed E-state index contributed by atoms with van der Waals surface area (Å²) in [5.41, 5.74) is 3.52. The fraction of sp³-hybridized carbons (Fsp3) is 0.286. The van der Waals surface area contributed by atoms with Crippen LogP contribution in [0.1, 0.15) is 36.6 Å². The Morgan fingerprint density at radius 2 is 1.80 bits per heavy atom. The van der Waals surface area contributed by atoms with Crippen LogP contribution < -0.4 is 10.9 Å². The summed E-state index contributed by atoms with van der Waals surface area (Å²) < 4.78 is 5.34. The first-order valence-electron chi connectivity index (χ1n) is 8.46. The van der Waals surface area contributed by atoms with Gasteiger partial charge in [0.15, 0.2) is 0 Å². The van der Waals surface area contributed by atoms with Crippen LogP contribution in [-0.2, 0) is 6.54 Å². The van der Waals surface area contributed by atoms with E-state index in [1.807, 2.05) is 49.4 Å². The Morgan fingerprint density at radius 3 is 2.48 bits per heavy atom. The molecule has 0 aliphatic carbocycles. The fourth-order valence-electron chi connectivity index (χ4n) is 3.11. The maximum atomic E-state index is 11.9. The normalized spacial score (nSPS) is 12.7. The van der Waals surface area contributed by atoms with E-state index in [9.17, 15) is 4.79 Å². The van der Waals surface area contributed by atoms with Gasteiger partial charge < -0.3 is 9.73 Å². The van der Waals surface area contributed by atoms with Gasteiger partial charge in [-0.05, 0) is 47.7 Å². The van der Waals surface area contributed by atoms with Crippen molar-refractivity contribution in [3.8, 4) is 0 Å². The molecular formula is C21H22ClNO2. The Morgan fingerprint density at radius 1 is 1.08 bits per heavy atom. The molecule has 1 heterocycles. The van der Waals surface area contributed by atoms with Crippen molar-refractivity contribution in [3.05, 3.63) is 80.7 Å². The van der Waals surface area contributed by atoms with E-state index < -0.39 is 0 Å². The van der Waals surface area contributed by atoms with Gasteiger partial charge in [-0.2, -0.15) is 0 Å². The molecule has 3 nitrogen and oxygen atoms in total. The first kappa shape index (κ1) is 17.7. The zero-order chi connectivity index (χ0) is 18.0. The molecule has 0 saturated carbocycles. The molecule has 0 aliphatic heterocycles. The third-order valence-electron chi connectivity index (χ3n) is 4.39. The topological polar surface area (TPSA) is 42.2 Å². The molecule has 4 heteroatoms. The summed E-state index contributed by atoms with van der Waals surface area (Å²) in [6.07, 6.45) is 0. The summed E-state index contributed by atoms with van der Waals surface area (Å²) >= 11 is 6.00. The van der Waals surface area contributed by atoms with E-state index >= 15 is 0 Å². The van der Waals surface area contributed by atoms with Gasteiger partial charge in [0.1, 0.15) is 5.58 Å². The van der Waals surface area contributed by atoms with Crippen LogP contribution in [0.15, 0.2) is 57.7 Å². The average Bonchev–Trinajstić information content (AvgIpc) is 2.55. The van der Waals surface area contributed by atoms with Gasteiger partial charge in [-0.1, -0.05) is 49.7 Å². The molecule has 2 aromatic carbocycles. The number of hydrogen-bond acceptors (Lipinski definition) is 3. The lowest BCUT2D eigenvalue weighted by Gasteiger charge is -2.23. The van der Waals surface area contributed by atoms with Crippen molar-refractivity contribution in [2.45, 2.75) is 33.4 Å². The highest BCUT2D eigenvalue weighted by Gasteiger charge is 2.16. The molecule has 3 aromatic rings. The van der Waals surface area contributed by atoms with Gasteiger partial charge in [-0.3, -0.25) is 0 Å². The lowest BCUT2D eigenvalue weighted by Crippen LogP contribution is -2.25. The summed E-state index contributed by atoms with van der Waals surface area (Å²) in [5, 5.41) is 5.28. The summed E-state index contributed by atoms with van der Waals surface area (Å²) in [5.74, 6) is 0.398. The number of fused-ring (bicyclic) bond motifs is 1. The van der Waals surface area contributed by atoms with Crippen LogP contribution in [0.5, 0.6) is 0 Å². The summed E-state index contributed by atoms with van der Waals surface area (Å²) in [7, 11) is 0. The Hall–Kier alpha value is -2.10. The summed E-state index contributed by atoms with van der Waals surface area (Å²) in [6.45, 7) is 6.93. The van der Waals surface area contributed by atoms with Crippen LogP contribution in [0.25, 0.3) is 11.0 Å². The smallest absolute Gasteiger partial charge is 0.336 e. The molecule has 1 N–H and O–H groups in total. The second kappa shape index (κ2) is 7.42. The maximum Gasteiger partial charge on any atom is 0.336 e. The van der Waals surface area contributed by atoms with E-state index in [0.29, 0.717) is 18.0 Å². The molecule has 25 heavy (non-hydrogen) atoms. The monoisotopic (exact) mass is 355 g/mol. The quantitative estimate of drug-likeness (QED) is 0.636. The van der Waals surface area contributed by atoms with Crippen LogP contribution in [0.4, 0.5) is 0 Å². The third kappa shape index (κ3) is 4.12. The van der Waals surface area contributed by atoms with Crippen LogP contribution in [-0.4, -0.2) is 0 Å². The molecular weight excluding hydrogens is 334 g/mol. The number of rotatable bonds is 5. The zero-order valence-electron chi connectivity index (χ0n) is 14.7. The van der Waals surface area contributed by atoms with Crippen molar-refractivity contribution in [2.75, 3.05) is 0 Å². The van der Waals surface area contributed by atoms with Crippen LogP contribution in [0.3, 0.4) is 0 Å². The predicted octanol–water partition coefficient (Wildman–Crippen LogP) is 5.24. The highest BCUT2D eigenvalue weighted by Crippen LogP contribution is 2.25. The molecule has 1 aromatic heterocycles. The number of nitrogens with one attached hydrogen (secondary N) is 1.